The SMILES string of the molecule is O=C(O)C(NCc1ncc(Cl)s1)C1CC1. The van der Waals surface area contributed by atoms with E-state index in [0.29, 0.717) is 10.9 Å². The Labute approximate surface area is 96.3 Å². The fourth-order valence-corrected chi connectivity index (χ4v) is 2.36. The van der Waals surface area contributed by atoms with Crippen molar-refractivity contribution in [3.05, 3.63) is 15.5 Å². The van der Waals surface area contributed by atoms with Crippen LogP contribution in [0.1, 0.15) is 17.8 Å². The molecule has 1 atom stereocenters. The Hall–Kier alpha value is -0.650. The number of aromatic nitrogens is 1. The summed E-state index contributed by atoms with van der Waals surface area (Å²) < 4.78 is 0.630. The predicted octanol–water partition coefficient (Wildman–Crippen LogP) is 1.75. The van der Waals surface area contributed by atoms with Gasteiger partial charge in [0.2, 0.25) is 0 Å². The molecule has 1 aromatic rings. The standard InChI is InChI=1S/C9H11ClN2O2S/c10-6-3-11-7(15-6)4-12-8(9(13)14)5-1-2-5/h3,5,8,12H,1-2,4H2,(H,13,14). The molecule has 6 heteroatoms. The van der Waals surface area contributed by atoms with Crippen molar-refractivity contribution in [3.63, 3.8) is 0 Å². The molecule has 1 saturated carbocycles. The first kappa shape index (κ1) is 10.9. The molecule has 0 saturated heterocycles. The largest absolute Gasteiger partial charge is 0.480 e. The maximum Gasteiger partial charge on any atom is 0.320 e. The second-order valence-corrected chi connectivity index (χ2v) is 5.34. The smallest absolute Gasteiger partial charge is 0.320 e. The molecule has 82 valence electrons. The van der Waals surface area contributed by atoms with Gasteiger partial charge in [0.15, 0.2) is 0 Å². The van der Waals surface area contributed by atoms with E-state index in [9.17, 15) is 4.79 Å². The van der Waals surface area contributed by atoms with Crippen LogP contribution in [0.5, 0.6) is 0 Å². The molecular weight excluding hydrogens is 236 g/mol. The maximum absolute atomic E-state index is 10.9. The molecule has 15 heavy (non-hydrogen) atoms. The van der Waals surface area contributed by atoms with E-state index in [4.69, 9.17) is 16.7 Å². The molecule has 0 aromatic carbocycles. The lowest BCUT2D eigenvalue weighted by Gasteiger charge is -2.11. The lowest BCUT2D eigenvalue weighted by Crippen LogP contribution is -2.37. The highest BCUT2D eigenvalue weighted by Gasteiger charge is 2.35. The minimum atomic E-state index is -0.778. The number of nitrogens with zero attached hydrogens (tertiary/aromatic N) is 1. The Morgan fingerprint density at radius 1 is 1.80 bits per heavy atom. The first-order valence-electron chi connectivity index (χ1n) is 4.73. The van der Waals surface area contributed by atoms with E-state index in [0.717, 1.165) is 17.8 Å². The van der Waals surface area contributed by atoms with Crippen LogP contribution in [0, 0.1) is 5.92 Å². The fourth-order valence-electron chi connectivity index (χ4n) is 1.45. The summed E-state index contributed by atoms with van der Waals surface area (Å²) in [5.74, 6) is -0.488. The van der Waals surface area contributed by atoms with E-state index < -0.39 is 12.0 Å². The first-order chi connectivity index (χ1) is 7.16. The van der Waals surface area contributed by atoms with Crippen LogP contribution < -0.4 is 5.32 Å². The first-order valence-corrected chi connectivity index (χ1v) is 5.92. The zero-order valence-electron chi connectivity index (χ0n) is 7.94. The van der Waals surface area contributed by atoms with Gasteiger partial charge in [-0.2, -0.15) is 0 Å². The van der Waals surface area contributed by atoms with Crippen LogP contribution in [0.25, 0.3) is 0 Å². The van der Waals surface area contributed by atoms with Crippen molar-refractivity contribution in [1.29, 1.82) is 0 Å². The molecule has 0 spiro atoms. The number of halogens is 1. The maximum atomic E-state index is 10.9. The molecule has 1 aliphatic rings. The summed E-state index contributed by atoms with van der Waals surface area (Å²) in [6, 6.07) is -0.437. The van der Waals surface area contributed by atoms with Gasteiger partial charge in [0, 0.05) is 6.54 Å². The molecule has 1 unspecified atom stereocenters. The van der Waals surface area contributed by atoms with Gasteiger partial charge < -0.3 is 5.11 Å². The zero-order chi connectivity index (χ0) is 10.8. The highest BCUT2D eigenvalue weighted by molar-refractivity contribution is 7.15. The van der Waals surface area contributed by atoms with Crippen LogP contribution in [-0.2, 0) is 11.3 Å². The fraction of sp³-hybridized carbons (Fsp3) is 0.556. The van der Waals surface area contributed by atoms with Crippen molar-refractivity contribution in [2.45, 2.75) is 25.4 Å². The van der Waals surface area contributed by atoms with Crippen LogP contribution in [0.3, 0.4) is 0 Å². The van der Waals surface area contributed by atoms with Gasteiger partial charge in [-0.3, -0.25) is 10.1 Å². The van der Waals surface area contributed by atoms with Gasteiger partial charge in [-0.25, -0.2) is 4.98 Å². The second kappa shape index (κ2) is 4.47. The Balaban J connectivity index is 1.87. The number of carbonyl (C=O) groups is 1. The van der Waals surface area contributed by atoms with Crippen molar-refractivity contribution in [1.82, 2.24) is 10.3 Å². The quantitative estimate of drug-likeness (QED) is 0.831. The van der Waals surface area contributed by atoms with Crippen molar-refractivity contribution in [2.24, 2.45) is 5.92 Å². The number of hydrogen-bond donors (Lipinski definition) is 2. The molecule has 1 aromatic heterocycles. The van der Waals surface area contributed by atoms with Crippen LogP contribution >= 0.6 is 22.9 Å². The number of thiazole rings is 1. The minimum absolute atomic E-state index is 0.290. The average molecular weight is 247 g/mol. The van der Waals surface area contributed by atoms with E-state index in [1.165, 1.54) is 11.3 Å². The van der Waals surface area contributed by atoms with Gasteiger partial charge in [0.25, 0.3) is 0 Å². The molecule has 0 aliphatic heterocycles. The summed E-state index contributed by atoms with van der Waals surface area (Å²) >= 11 is 7.10. The highest BCUT2D eigenvalue weighted by atomic mass is 35.5. The van der Waals surface area contributed by atoms with Crippen molar-refractivity contribution < 1.29 is 9.90 Å². The van der Waals surface area contributed by atoms with Crippen LogP contribution in [0.4, 0.5) is 0 Å². The van der Waals surface area contributed by atoms with Crippen molar-refractivity contribution >= 4 is 28.9 Å². The average Bonchev–Trinajstić information content (AvgIpc) is 2.90. The van der Waals surface area contributed by atoms with Crippen molar-refractivity contribution in [2.75, 3.05) is 0 Å². The van der Waals surface area contributed by atoms with Gasteiger partial charge in [-0.15, -0.1) is 11.3 Å². The van der Waals surface area contributed by atoms with Gasteiger partial charge in [0.1, 0.15) is 15.4 Å². The third-order valence-corrected chi connectivity index (χ3v) is 3.47. The number of carboxylic acid groups (broad SMARTS) is 1. The Morgan fingerprint density at radius 2 is 2.53 bits per heavy atom. The van der Waals surface area contributed by atoms with E-state index >= 15 is 0 Å². The molecule has 2 N–H and O–H groups in total. The van der Waals surface area contributed by atoms with Crippen molar-refractivity contribution in [3.8, 4) is 0 Å². The zero-order valence-corrected chi connectivity index (χ0v) is 9.51. The summed E-state index contributed by atoms with van der Waals surface area (Å²) in [4.78, 5) is 15.0. The second-order valence-electron chi connectivity index (χ2n) is 3.59. The molecule has 1 heterocycles. The third-order valence-electron chi connectivity index (χ3n) is 2.36. The lowest BCUT2D eigenvalue weighted by atomic mass is 10.2. The molecule has 0 bridgehead atoms. The summed E-state index contributed by atoms with van der Waals surface area (Å²) in [6.45, 7) is 0.477. The van der Waals surface area contributed by atoms with E-state index in [2.05, 4.69) is 10.3 Å². The number of carboxylic acids is 1. The monoisotopic (exact) mass is 246 g/mol. The Kier molecular flexibility index (Phi) is 3.23. The molecule has 1 fully saturated rings. The number of hydrogen-bond acceptors (Lipinski definition) is 4. The topological polar surface area (TPSA) is 62.2 Å². The number of nitrogens with one attached hydrogen (secondary N) is 1. The minimum Gasteiger partial charge on any atom is -0.480 e. The summed E-state index contributed by atoms with van der Waals surface area (Å²) in [5.41, 5.74) is 0. The summed E-state index contributed by atoms with van der Waals surface area (Å²) in [7, 11) is 0. The Bertz CT molecular complexity index is 365. The highest BCUT2D eigenvalue weighted by Crippen LogP contribution is 2.33. The van der Waals surface area contributed by atoms with E-state index in [-0.39, 0.29) is 5.92 Å². The lowest BCUT2D eigenvalue weighted by molar-refractivity contribution is -0.140. The van der Waals surface area contributed by atoms with Crippen LogP contribution in [0.15, 0.2) is 6.20 Å². The third kappa shape index (κ3) is 2.90. The molecular formula is C9H11ClN2O2S. The van der Waals surface area contributed by atoms with Gasteiger partial charge in [-0.05, 0) is 18.8 Å². The van der Waals surface area contributed by atoms with Crippen LogP contribution in [-0.4, -0.2) is 22.1 Å². The van der Waals surface area contributed by atoms with Gasteiger partial charge in [-0.1, -0.05) is 11.6 Å². The number of aliphatic carboxylic acids is 1. The van der Waals surface area contributed by atoms with E-state index in [1.54, 1.807) is 6.20 Å². The summed E-state index contributed by atoms with van der Waals surface area (Å²) in [6.07, 6.45) is 3.58. The predicted molar refractivity (Wildman–Crippen MR) is 58.1 cm³/mol. The van der Waals surface area contributed by atoms with Crippen LogP contribution in [0.2, 0.25) is 4.34 Å². The molecule has 4 nitrogen and oxygen atoms in total. The normalized spacial score (nSPS) is 17.7. The molecule has 2 rings (SSSR count). The molecule has 1 aliphatic carbocycles. The number of rotatable bonds is 5. The summed E-state index contributed by atoms with van der Waals surface area (Å²) in [5, 5.41) is 12.8. The van der Waals surface area contributed by atoms with Gasteiger partial charge >= 0.3 is 5.97 Å². The van der Waals surface area contributed by atoms with Gasteiger partial charge in [0.05, 0.1) is 6.20 Å². The Morgan fingerprint density at radius 3 is 3.00 bits per heavy atom. The molecule has 0 radical (unpaired) electrons. The molecule has 0 amide bonds. The van der Waals surface area contributed by atoms with E-state index in [1.807, 2.05) is 0 Å².